The van der Waals surface area contributed by atoms with Crippen molar-refractivity contribution in [3.05, 3.63) is 93.5 Å². The van der Waals surface area contributed by atoms with Crippen molar-refractivity contribution >= 4 is 43.5 Å². The predicted molar refractivity (Wildman–Crippen MR) is 166 cm³/mol. The molecule has 0 spiro atoms. The van der Waals surface area contributed by atoms with Crippen LogP contribution in [0, 0.1) is 20.8 Å². The van der Waals surface area contributed by atoms with Gasteiger partial charge in [0, 0.05) is 17.1 Å². The Morgan fingerprint density at radius 3 is 2.27 bits per heavy atom. The van der Waals surface area contributed by atoms with Gasteiger partial charge >= 0.3 is 0 Å². The van der Waals surface area contributed by atoms with Crippen LogP contribution < -0.4 is 9.62 Å². The molecule has 0 heterocycles. The standard InChI is InChI=1S/C32H38BrN3O4S/c1-22-12-16-30(17-13-22)41(39,40)36(29-15-14-23(2)24(3)18-29)21-31(37)35(20-26-8-7-9-27(33)19-26)25(4)32(38)34-28-10-5-6-11-28/h7-9,12-19,25,28H,5-6,10-11,20-21H2,1-4H3,(H,34,38)/t25-/m1/s1. The molecule has 218 valence electrons. The van der Waals surface area contributed by atoms with Crippen LogP contribution in [0.4, 0.5) is 5.69 Å². The number of benzene rings is 3. The minimum atomic E-state index is -4.10. The van der Waals surface area contributed by atoms with Crippen molar-refractivity contribution in [2.45, 2.75) is 76.9 Å². The van der Waals surface area contributed by atoms with Crippen molar-refractivity contribution in [1.82, 2.24) is 10.2 Å². The molecule has 0 radical (unpaired) electrons. The molecule has 0 unspecified atom stereocenters. The Morgan fingerprint density at radius 1 is 0.951 bits per heavy atom. The Kier molecular flexibility index (Phi) is 9.92. The summed E-state index contributed by atoms with van der Waals surface area (Å²) < 4.78 is 30.0. The lowest BCUT2D eigenvalue weighted by Gasteiger charge is -2.32. The highest BCUT2D eigenvalue weighted by atomic mass is 79.9. The monoisotopic (exact) mass is 639 g/mol. The maximum Gasteiger partial charge on any atom is 0.264 e. The van der Waals surface area contributed by atoms with Gasteiger partial charge in [0.1, 0.15) is 12.6 Å². The van der Waals surface area contributed by atoms with E-state index in [1.807, 2.05) is 51.1 Å². The summed E-state index contributed by atoms with van der Waals surface area (Å²) in [5.41, 5.74) is 4.08. The molecule has 1 atom stereocenters. The molecule has 41 heavy (non-hydrogen) atoms. The van der Waals surface area contributed by atoms with E-state index in [0.29, 0.717) is 5.69 Å². The van der Waals surface area contributed by atoms with E-state index in [9.17, 15) is 18.0 Å². The molecule has 1 aliphatic rings. The molecule has 7 nitrogen and oxygen atoms in total. The molecule has 4 rings (SSSR count). The summed E-state index contributed by atoms with van der Waals surface area (Å²) in [5.74, 6) is -0.702. The molecular weight excluding hydrogens is 602 g/mol. The number of halogens is 1. The van der Waals surface area contributed by atoms with E-state index in [-0.39, 0.29) is 23.4 Å². The summed E-state index contributed by atoms with van der Waals surface area (Å²) >= 11 is 3.48. The number of nitrogens with one attached hydrogen (secondary N) is 1. The van der Waals surface area contributed by atoms with Crippen LogP contribution in [0.2, 0.25) is 0 Å². The Balaban J connectivity index is 1.70. The minimum Gasteiger partial charge on any atom is -0.352 e. The minimum absolute atomic E-state index is 0.0969. The molecular formula is C32H38BrN3O4S. The van der Waals surface area contributed by atoms with Crippen LogP contribution in [0.1, 0.15) is 54.9 Å². The second kappa shape index (κ2) is 13.2. The number of nitrogens with zero attached hydrogens (tertiary/aromatic N) is 2. The lowest BCUT2D eigenvalue weighted by atomic mass is 10.1. The van der Waals surface area contributed by atoms with Gasteiger partial charge in [-0.2, -0.15) is 0 Å². The van der Waals surface area contributed by atoms with Gasteiger partial charge < -0.3 is 10.2 Å². The van der Waals surface area contributed by atoms with Crippen molar-refractivity contribution in [2.75, 3.05) is 10.8 Å². The molecule has 1 saturated carbocycles. The zero-order valence-electron chi connectivity index (χ0n) is 24.1. The number of carbonyl (C=O) groups excluding carboxylic acids is 2. The van der Waals surface area contributed by atoms with Crippen LogP contribution in [-0.2, 0) is 26.2 Å². The molecule has 3 aromatic carbocycles. The summed E-state index contributed by atoms with van der Waals surface area (Å²) in [7, 11) is -4.10. The average molecular weight is 641 g/mol. The van der Waals surface area contributed by atoms with Crippen molar-refractivity contribution in [2.24, 2.45) is 0 Å². The fourth-order valence-corrected chi connectivity index (χ4v) is 6.91. The number of amides is 2. The third-order valence-electron chi connectivity index (χ3n) is 7.78. The van der Waals surface area contributed by atoms with Gasteiger partial charge in [-0.3, -0.25) is 13.9 Å². The summed E-state index contributed by atoms with van der Waals surface area (Å²) in [4.78, 5) is 29.0. The molecule has 2 amide bonds. The van der Waals surface area contributed by atoms with Gasteiger partial charge in [0.05, 0.1) is 10.6 Å². The summed E-state index contributed by atoms with van der Waals surface area (Å²) in [5, 5.41) is 3.10. The summed E-state index contributed by atoms with van der Waals surface area (Å²) in [6.45, 7) is 7.16. The van der Waals surface area contributed by atoms with Gasteiger partial charge in [-0.15, -0.1) is 0 Å². The first-order valence-corrected chi connectivity index (χ1v) is 16.2. The number of aryl methyl sites for hydroxylation is 3. The van der Waals surface area contributed by atoms with Gasteiger partial charge in [-0.05, 0) is 93.6 Å². The number of anilines is 1. The van der Waals surface area contributed by atoms with Crippen LogP contribution in [0.3, 0.4) is 0 Å². The Bertz CT molecular complexity index is 1500. The molecule has 1 N–H and O–H groups in total. The van der Waals surface area contributed by atoms with E-state index in [2.05, 4.69) is 21.2 Å². The molecule has 9 heteroatoms. The number of hydrogen-bond acceptors (Lipinski definition) is 4. The molecule has 0 saturated heterocycles. The Labute approximate surface area is 252 Å². The Hall–Kier alpha value is -3.17. The summed E-state index contributed by atoms with van der Waals surface area (Å²) in [6, 6.07) is 18.8. The van der Waals surface area contributed by atoms with E-state index < -0.39 is 28.5 Å². The second-order valence-corrected chi connectivity index (χ2v) is 13.7. The molecule has 0 aliphatic heterocycles. The third-order valence-corrected chi connectivity index (χ3v) is 10.1. The SMILES string of the molecule is Cc1ccc(S(=O)(=O)N(CC(=O)N(Cc2cccc(Br)c2)[C@H](C)C(=O)NC2CCCC2)c2ccc(C)c(C)c2)cc1. The molecule has 3 aromatic rings. The zero-order valence-corrected chi connectivity index (χ0v) is 26.5. The van der Waals surface area contributed by atoms with Gasteiger partial charge in [0.25, 0.3) is 10.0 Å². The maximum atomic E-state index is 14.1. The first-order valence-electron chi connectivity index (χ1n) is 14.0. The normalized spacial score (nSPS) is 14.5. The number of rotatable bonds is 10. The molecule has 0 bridgehead atoms. The van der Waals surface area contributed by atoms with E-state index in [0.717, 1.165) is 56.7 Å². The van der Waals surface area contributed by atoms with E-state index >= 15 is 0 Å². The largest absolute Gasteiger partial charge is 0.352 e. The van der Waals surface area contributed by atoms with Crippen LogP contribution in [0.5, 0.6) is 0 Å². The van der Waals surface area contributed by atoms with E-state index in [1.54, 1.807) is 43.3 Å². The number of carbonyl (C=O) groups is 2. The van der Waals surface area contributed by atoms with Crippen molar-refractivity contribution in [3.63, 3.8) is 0 Å². The average Bonchev–Trinajstić information content (AvgIpc) is 3.44. The second-order valence-electron chi connectivity index (χ2n) is 10.9. The van der Waals surface area contributed by atoms with Crippen LogP contribution in [0.15, 0.2) is 76.1 Å². The third kappa shape index (κ3) is 7.57. The number of sulfonamides is 1. The number of hydrogen-bond donors (Lipinski definition) is 1. The van der Waals surface area contributed by atoms with Gasteiger partial charge in [-0.1, -0.05) is 64.7 Å². The van der Waals surface area contributed by atoms with Crippen molar-refractivity contribution in [1.29, 1.82) is 0 Å². The van der Waals surface area contributed by atoms with Gasteiger partial charge in [0.2, 0.25) is 11.8 Å². The maximum absolute atomic E-state index is 14.1. The highest BCUT2D eigenvalue weighted by Gasteiger charge is 2.33. The first kappa shape index (κ1) is 30.8. The van der Waals surface area contributed by atoms with Crippen molar-refractivity contribution in [3.8, 4) is 0 Å². The van der Waals surface area contributed by atoms with E-state index in [4.69, 9.17) is 0 Å². The first-order chi connectivity index (χ1) is 19.5. The highest BCUT2D eigenvalue weighted by molar-refractivity contribution is 9.10. The van der Waals surface area contributed by atoms with Crippen LogP contribution >= 0.6 is 15.9 Å². The quantitative estimate of drug-likeness (QED) is 0.293. The molecule has 1 fully saturated rings. The topological polar surface area (TPSA) is 86.8 Å². The Morgan fingerprint density at radius 2 is 1.63 bits per heavy atom. The van der Waals surface area contributed by atoms with Crippen LogP contribution in [0.25, 0.3) is 0 Å². The highest BCUT2D eigenvalue weighted by Crippen LogP contribution is 2.27. The van der Waals surface area contributed by atoms with Crippen molar-refractivity contribution < 1.29 is 18.0 Å². The van der Waals surface area contributed by atoms with E-state index in [1.165, 1.54) is 4.90 Å². The lowest BCUT2D eigenvalue weighted by molar-refractivity contribution is -0.139. The fraction of sp³-hybridized carbons (Fsp3) is 0.375. The molecule has 0 aromatic heterocycles. The van der Waals surface area contributed by atoms with Gasteiger partial charge in [-0.25, -0.2) is 8.42 Å². The lowest BCUT2D eigenvalue weighted by Crippen LogP contribution is -2.52. The summed E-state index contributed by atoms with van der Waals surface area (Å²) in [6.07, 6.45) is 3.99. The smallest absolute Gasteiger partial charge is 0.264 e. The molecule has 1 aliphatic carbocycles. The predicted octanol–water partition coefficient (Wildman–Crippen LogP) is 6.05. The van der Waals surface area contributed by atoms with Gasteiger partial charge in [0.15, 0.2) is 0 Å². The van der Waals surface area contributed by atoms with Crippen LogP contribution in [-0.4, -0.2) is 43.8 Å². The fourth-order valence-electron chi connectivity index (χ4n) is 5.05. The zero-order chi connectivity index (χ0) is 29.7.